The molecule has 3 fully saturated rings. The van der Waals surface area contributed by atoms with E-state index in [1.165, 1.54) is 0 Å². The molecule has 186 valence electrons. The molecule has 0 radical (unpaired) electrons. The summed E-state index contributed by atoms with van der Waals surface area (Å²) in [6.45, 7) is 0. The van der Waals surface area contributed by atoms with Gasteiger partial charge in [-0.3, -0.25) is 9.59 Å². The van der Waals surface area contributed by atoms with Crippen LogP contribution in [0.25, 0.3) is 0 Å². The number of benzene rings is 2. The fraction of sp³-hybridized carbons (Fsp3) is 0.462. The lowest BCUT2D eigenvalue weighted by atomic mass is 9.92. The second kappa shape index (κ2) is 9.24. The molecule has 2 amide bonds. The van der Waals surface area contributed by atoms with Gasteiger partial charge in [0.15, 0.2) is 17.5 Å². The number of fused-ring (bicyclic) bond motifs is 2. The summed E-state index contributed by atoms with van der Waals surface area (Å²) < 4.78 is 42.9. The number of nitrogens with one attached hydrogen (secondary N) is 1. The third-order valence-electron chi connectivity index (χ3n) is 7.72. The molecule has 0 aromatic heterocycles. The predicted octanol–water partition coefficient (Wildman–Crippen LogP) is 4.11. The molecule has 2 aromatic carbocycles. The van der Waals surface area contributed by atoms with Crippen molar-refractivity contribution in [3.05, 3.63) is 69.4 Å². The van der Waals surface area contributed by atoms with Crippen molar-refractivity contribution in [2.45, 2.75) is 74.5 Å². The van der Waals surface area contributed by atoms with E-state index in [0.29, 0.717) is 12.8 Å². The molecule has 3 atom stereocenters. The first-order valence-electron chi connectivity index (χ1n) is 12.0. The summed E-state index contributed by atoms with van der Waals surface area (Å²) >= 11 is 3.40. The van der Waals surface area contributed by atoms with Crippen LogP contribution >= 0.6 is 15.9 Å². The standard InChI is InChI=1S/C26H27BrF3N3O2/c27-15-3-1-14(2-4-15)11-21(24(34)33-17-5-6-18(33)13-16(31)12-17)32-25(35)26(9-10-26)19-7-8-20(28)23(30)22(19)29/h1-4,7-8,16-18,21H,5-6,9-13,31H2,(H,32,35). The summed E-state index contributed by atoms with van der Waals surface area (Å²) in [4.78, 5) is 29.1. The van der Waals surface area contributed by atoms with Gasteiger partial charge >= 0.3 is 0 Å². The highest BCUT2D eigenvalue weighted by Crippen LogP contribution is 2.50. The molecule has 2 bridgehead atoms. The molecule has 3 N–H and O–H groups in total. The molecule has 2 aliphatic heterocycles. The Kier molecular flexibility index (Phi) is 6.42. The maximum Gasteiger partial charge on any atom is 0.245 e. The van der Waals surface area contributed by atoms with E-state index in [-0.39, 0.29) is 36.0 Å². The quantitative estimate of drug-likeness (QED) is 0.532. The molecule has 3 unspecified atom stereocenters. The van der Waals surface area contributed by atoms with Gasteiger partial charge in [0.25, 0.3) is 0 Å². The summed E-state index contributed by atoms with van der Waals surface area (Å²) in [5.74, 6) is -4.97. The van der Waals surface area contributed by atoms with E-state index in [1.807, 2.05) is 29.2 Å². The monoisotopic (exact) mass is 549 g/mol. The molecule has 2 heterocycles. The zero-order valence-corrected chi connectivity index (χ0v) is 20.7. The highest BCUT2D eigenvalue weighted by atomic mass is 79.9. The molecular formula is C26H27BrF3N3O2. The van der Waals surface area contributed by atoms with Crippen LogP contribution in [-0.2, 0) is 21.4 Å². The van der Waals surface area contributed by atoms with Crippen molar-refractivity contribution in [3.8, 4) is 0 Å². The number of amides is 2. The number of piperidine rings is 1. The fourth-order valence-electron chi connectivity index (χ4n) is 5.75. The predicted molar refractivity (Wildman–Crippen MR) is 128 cm³/mol. The maximum absolute atomic E-state index is 14.6. The molecule has 1 aliphatic carbocycles. The fourth-order valence-corrected chi connectivity index (χ4v) is 6.02. The molecular weight excluding hydrogens is 523 g/mol. The molecule has 35 heavy (non-hydrogen) atoms. The second-order valence-corrected chi connectivity index (χ2v) is 10.9. The van der Waals surface area contributed by atoms with Crippen molar-refractivity contribution < 1.29 is 22.8 Å². The summed E-state index contributed by atoms with van der Waals surface area (Å²) in [6.07, 6.45) is 4.07. The molecule has 5 nitrogen and oxygen atoms in total. The smallest absolute Gasteiger partial charge is 0.245 e. The molecule has 2 aromatic rings. The number of hydrogen-bond acceptors (Lipinski definition) is 3. The van der Waals surface area contributed by atoms with Crippen molar-refractivity contribution >= 4 is 27.7 Å². The number of carbonyl (C=O) groups is 2. The van der Waals surface area contributed by atoms with E-state index in [1.54, 1.807) is 0 Å². The lowest BCUT2D eigenvalue weighted by molar-refractivity contribution is -0.140. The van der Waals surface area contributed by atoms with Crippen LogP contribution < -0.4 is 11.1 Å². The van der Waals surface area contributed by atoms with Gasteiger partial charge in [-0.2, -0.15) is 0 Å². The molecule has 0 spiro atoms. The van der Waals surface area contributed by atoms with Crippen LogP contribution in [0, 0.1) is 17.5 Å². The van der Waals surface area contributed by atoms with Gasteiger partial charge in [0.05, 0.1) is 5.41 Å². The van der Waals surface area contributed by atoms with Crippen molar-refractivity contribution in [1.29, 1.82) is 0 Å². The molecule has 1 saturated carbocycles. The van der Waals surface area contributed by atoms with E-state index < -0.39 is 34.8 Å². The Labute approximate surface area is 210 Å². The Bertz CT molecular complexity index is 1140. The third kappa shape index (κ3) is 4.48. The Hall–Kier alpha value is -2.39. The first kappa shape index (κ1) is 24.3. The van der Waals surface area contributed by atoms with Crippen LogP contribution in [0.1, 0.15) is 49.7 Å². The van der Waals surface area contributed by atoms with Crippen molar-refractivity contribution in [2.75, 3.05) is 0 Å². The van der Waals surface area contributed by atoms with Gasteiger partial charge in [0.1, 0.15) is 6.04 Å². The third-order valence-corrected chi connectivity index (χ3v) is 8.24. The van der Waals surface area contributed by atoms with E-state index in [0.717, 1.165) is 47.9 Å². The first-order chi connectivity index (χ1) is 16.7. The Morgan fingerprint density at radius 2 is 1.66 bits per heavy atom. The van der Waals surface area contributed by atoms with Gasteiger partial charge in [-0.1, -0.05) is 34.1 Å². The number of halogens is 4. The first-order valence-corrected chi connectivity index (χ1v) is 12.8. The second-order valence-electron chi connectivity index (χ2n) is 10.0. The highest BCUT2D eigenvalue weighted by molar-refractivity contribution is 9.10. The zero-order chi connectivity index (χ0) is 24.9. The zero-order valence-electron chi connectivity index (χ0n) is 19.1. The van der Waals surface area contributed by atoms with Gasteiger partial charge in [0.2, 0.25) is 11.8 Å². The van der Waals surface area contributed by atoms with Crippen LogP contribution in [-0.4, -0.2) is 40.9 Å². The van der Waals surface area contributed by atoms with Crippen LogP contribution in [0.3, 0.4) is 0 Å². The van der Waals surface area contributed by atoms with Gasteiger partial charge in [-0.25, -0.2) is 13.2 Å². The van der Waals surface area contributed by atoms with Crippen molar-refractivity contribution in [2.24, 2.45) is 5.73 Å². The van der Waals surface area contributed by atoms with Crippen LogP contribution in [0.2, 0.25) is 0 Å². The number of nitrogens with two attached hydrogens (primary N) is 1. The van der Waals surface area contributed by atoms with Crippen molar-refractivity contribution in [1.82, 2.24) is 10.2 Å². The topological polar surface area (TPSA) is 75.4 Å². The Morgan fingerprint density at radius 3 is 2.26 bits per heavy atom. The summed E-state index contributed by atoms with van der Waals surface area (Å²) in [6, 6.07) is 8.70. The van der Waals surface area contributed by atoms with Gasteiger partial charge in [-0.15, -0.1) is 0 Å². The minimum Gasteiger partial charge on any atom is -0.343 e. The van der Waals surface area contributed by atoms with Gasteiger partial charge < -0.3 is 16.0 Å². The number of rotatable bonds is 6. The minimum atomic E-state index is -1.59. The SMILES string of the molecule is NC1CC2CCC(C1)N2C(=O)C(Cc1ccc(Br)cc1)NC(=O)C1(c2ccc(F)c(F)c2F)CC1. The van der Waals surface area contributed by atoms with E-state index in [2.05, 4.69) is 21.2 Å². The normalized spacial score (nSPS) is 25.3. The lowest BCUT2D eigenvalue weighted by Crippen LogP contribution is -2.58. The van der Waals surface area contributed by atoms with E-state index in [4.69, 9.17) is 5.73 Å². The maximum atomic E-state index is 14.6. The van der Waals surface area contributed by atoms with Crippen LogP contribution in [0.5, 0.6) is 0 Å². The number of nitrogens with zero attached hydrogens (tertiary/aromatic N) is 1. The summed E-state index contributed by atoms with van der Waals surface area (Å²) in [5.41, 5.74) is 5.55. The van der Waals surface area contributed by atoms with Crippen molar-refractivity contribution in [3.63, 3.8) is 0 Å². The summed E-state index contributed by atoms with van der Waals surface area (Å²) in [7, 11) is 0. The lowest BCUT2D eigenvalue weighted by Gasteiger charge is -2.40. The van der Waals surface area contributed by atoms with Crippen LogP contribution in [0.4, 0.5) is 13.2 Å². The average Bonchev–Trinajstić information content (AvgIpc) is 3.58. The van der Waals surface area contributed by atoms with Gasteiger partial charge in [-0.05, 0) is 62.3 Å². The summed E-state index contributed by atoms with van der Waals surface area (Å²) in [5, 5.41) is 2.86. The number of carbonyl (C=O) groups excluding carboxylic acids is 2. The Morgan fingerprint density at radius 1 is 1.03 bits per heavy atom. The van der Waals surface area contributed by atoms with E-state index >= 15 is 0 Å². The largest absolute Gasteiger partial charge is 0.343 e. The van der Waals surface area contributed by atoms with E-state index in [9.17, 15) is 22.8 Å². The average molecular weight is 550 g/mol. The number of hydrogen-bond donors (Lipinski definition) is 2. The Balaban J connectivity index is 1.42. The highest BCUT2D eigenvalue weighted by Gasteiger charge is 2.54. The minimum absolute atomic E-state index is 0.0408. The molecule has 3 aliphatic rings. The molecule has 2 saturated heterocycles. The molecule has 5 rings (SSSR count). The molecule has 9 heteroatoms. The van der Waals surface area contributed by atoms with Crippen LogP contribution in [0.15, 0.2) is 40.9 Å². The van der Waals surface area contributed by atoms with Gasteiger partial charge in [0, 0.05) is 34.6 Å².